The number of rotatable bonds is 4. The van der Waals surface area contributed by atoms with Gasteiger partial charge in [0.2, 0.25) is 5.71 Å². The molecule has 4 nitrogen and oxygen atoms in total. The molecule has 1 aliphatic carbocycles. The molecule has 0 N–H and O–H groups in total. The highest BCUT2D eigenvalue weighted by Gasteiger charge is 2.42. The minimum Gasteiger partial charge on any atom is -0.266 e. The zero-order valence-electron chi connectivity index (χ0n) is 13.9. The van der Waals surface area contributed by atoms with Gasteiger partial charge < -0.3 is 0 Å². The summed E-state index contributed by atoms with van der Waals surface area (Å²) in [7, 11) is 0. The van der Waals surface area contributed by atoms with Gasteiger partial charge in [0.15, 0.2) is 6.54 Å². The van der Waals surface area contributed by atoms with Crippen LogP contribution in [0.1, 0.15) is 37.3 Å². The number of amides is 1. The maximum Gasteiger partial charge on any atom is 0.316 e. The second-order valence-electron chi connectivity index (χ2n) is 6.17. The van der Waals surface area contributed by atoms with E-state index in [0.29, 0.717) is 19.6 Å². The molecule has 2 aromatic rings. The third-order valence-electron chi connectivity index (χ3n) is 4.59. The van der Waals surface area contributed by atoms with Crippen molar-refractivity contribution in [1.82, 2.24) is 5.17 Å². The summed E-state index contributed by atoms with van der Waals surface area (Å²) in [6.45, 7) is 3.34. The van der Waals surface area contributed by atoms with Gasteiger partial charge in [0.05, 0.1) is 24.2 Å². The zero-order valence-corrected chi connectivity index (χ0v) is 13.9. The van der Waals surface area contributed by atoms with E-state index < -0.39 is 0 Å². The Morgan fingerprint density at radius 2 is 1.58 bits per heavy atom. The van der Waals surface area contributed by atoms with Gasteiger partial charge in [0.1, 0.15) is 0 Å². The van der Waals surface area contributed by atoms with E-state index in [0.717, 1.165) is 29.7 Å². The molecular formula is C20H21N2O2+. The van der Waals surface area contributed by atoms with Crippen molar-refractivity contribution < 1.29 is 14.3 Å². The van der Waals surface area contributed by atoms with Crippen molar-refractivity contribution in [3.8, 4) is 11.1 Å². The quantitative estimate of drug-likeness (QED) is 0.545. The van der Waals surface area contributed by atoms with Gasteiger partial charge >= 0.3 is 5.91 Å². The summed E-state index contributed by atoms with van der Waals surface area (Å²) < 4.78 is 2.00. The van der Waals surface area contributed by atoms with Crippen LogP contribution in [-0.4, -0.2) is 34.6 Å². The maximum atomic E-state index is 12.3. The van der Waals surface area contributed by atoms with Crippen molar-refractivity contribution in [3.63, 3.8) is 0 Å². The Morgan fingerprint density at radius 3 is 2.17 bits per heavy atom. The third-order valence-corrected chi connectivity index (χ3v) is 4.59. The van der Waals surface area contributed by atoms with E-state index in [1.807, 2.05) is 16.8 Å². The van der Waals surface area contributed by atoms with Crippen molar-refractivity contribution in [2.75, 3.05) is 13.2 Å². The molecule has 2 aliphatic rings. The predicted octanol–water partition coefficient (Wildman–Crippen LogP) is 3.40. The van der Waals surface area contributed by atoms with Gasteiger partial charge in [-0.05, 0) is 29.7 Å². The van der Waals surface area contributed by atoms with Crippen LogP contribution in [-0.2, 0) is 9.63 Å². The van der Waals surface area contributed by atoms with Crippen molar-refractivity contribution >= 4 is 11.6 Å². The average Bonchev–Trinajstić information content (AvgIpc) is 3.13. The minimum atomic E-state index is 0.0282. The Morgan fingerprint density at radius 1 is 1.00 bits per heavy atom. The molecule has 1 saturated heterocycles. The molecule has 2 aromatic carbocycles. The van der Waals surface area contributed by atoms with E-state index in [9.17, 15) is 4.79 Å². The van der Waals surface area contributed by atoms with E-state index in [1.54, 1.807) is 0 Å². The highest BCUT2D eigenvalue weighted by molar-refractivity contribution is 6.22. The monoisotopic (exact) mass is 321 g/mol. The second-order valence-corrected chi connectivity index (χ2v) is 6.17. The van der Waals surface area contributed by atoms with Gasteiger partial charge in [-0.15, -0.1) is 0 Å². The lowest BCUT2D eigenvalue weighted by Crippen LogP contribution is -2.36. The molecule has 0 unspecified atom stereocenters. The molecule has 1 heterocycles. The summed E-state index contributed by atoms with van der Waals surface area (Å²) in [5, 5.41) is 1.48. The van der Waals surface area contributed by atoms with E-state index in [4.69, 9.17) is 4.84 Å². The number of hydrazone groups is 1. The Balaban J connectivity index is 1.84. The lowest BCUT2D eigenvalue weighted by atomic mass is 10.1. The minimum absolute atomic E-state index is 0.0282. The summed E-state index contributed by atoms with van der Waals surface area (Å²) in [4.78, 5) is 18.1. The normalized spacial score (nSPS) is 15.9. The Labute approximate surface area is 141 Å². The number of hydrogen-bond acceptors (Lipinski definition) is 2. The van der Waals surface area contributed by atoms with Crippen LogP contribution in [0.25, 0.3) is 11.1 Å². The molecular weight excluding hydrogens is 300 g/mol. The van der Waals surface area contributed by atoms with Crippen LogP contribution >= 0.6 is 0 Å². The lowest BCUT2D eigenvalue weighted by molar-refractivity contribution is -0.723. The number of hydrogen-bond donors (Lipinski definition) is 0. The molecule has 1 fully saturated rings. The smallest absolute Gasteiger partial charge is 0.266 e. The first-order valence-corrected chi connectivity index (χ1v) is 8.60. The molecule has 0 bridgehead atoms. The first-order valence-electron chi connectivity index (χ1n) is 8.60. The van der Waals surface area contributed by atoms with E-state index >= 15 is 0 Å². The summed E-state index contributed by atoms with van der Waals surface area (Å²) >= 11 is 0. The fourth-order valence-corrected chi connectivity index (χ4v) is 3.43. The Kier molecular flexibility index (Phi) is 3.90. The standard InChI is InChI=1S/C20H21N2O2/c1-2-3-14-24-22-19(23)12-13-21(22)20-17-10-6-4-8-15(17)16-9-5-7-11-18(16)20/h4-11H,2-3,12-14H2,1H3/q+1. The number of carbonyl (C=O) groups excluding carboxylic acids is 1. The SMILES string of the molecule is CCCCON1C(=O)CC[N+]1=C1c2ccccc2-c2ccccc21. The number of fused-ring (bicyclic) bond motifs is 3. The average molecular weight is 321 g/mol. The predicted molar refractivity (Wildman–Crippen MR) is 92.5 cm³/mol. The molecule has 0 spiro atoms. The molecule has 1 aliphatic heterocycles. The van der Waals surface area contributed by atoms with E-state index in [1.165, 1.54) is 16.3 Å². The van der Waals surface area contributed by atoms with Crippen molar-refractivity contribution in [2.24, 2.45) is 0 Å². The molecule has 0 atom stereocenters. The number of unbranched alkanes of at least 4 members (excludes halogenated alkanes) is 1. The number of carbonyl (C=O) groups is 1. The van der Waals surface area contributed by atoms with Gasteiger partial charge in [-0.2, -0.15) is 0 Å². The largest absolute Gasteiger partial charge is 0.316 e. The molecule has 4 rings (SSSR count). The second kappa shape index (κ2) is 6.21. The molecule has 0 radical (unpaired) electrons. The van der Waals surface area contributed by atoms with E-state index in [-0.39, 0.29) is 5.91 Å². The number of hydroxylamine groups is 1. The molecule has 0 saturated carbocycles. The van der Waals surface area contributed by atoms with Crippen LogP contribution in [0.3, 0.4) is 0 Å². The van der Waals surface area contributed by atoms with E-state index in [2.05, 4.69) is 43.3 Å². The number of hydrazine groups is 1. The first kappa shape index (κ1) is 15.1. The topological polar surface area (TPSA) is 32.5 Å². The summed E-state index contributed by atoms with van der Waals surface area (Å²) in [6.07, 6.45) is 2.48. The summed E-state index contributed by atoms with van der Waals surface area (Å²) in [5.41, 5.74) is 5.84. The Bertz CT molecular complexity index is 778. The molecule has 4 heteroatoms. The third kappa shape index (κ3) is 2.34. The lowest BCUT2D eigenvalue weighted by Gasteiger charge is -2.12. The van der Waals surface area contributed by atoms with Crippen molar-refractivity contribution in [2.45, 2.75) is 26.2 Å². The van der Waals surface area contributed by atoms with Gasteiger partial charge in [0, 0.05) is 5.17 Å². The molecule has 0 aromatic heterocycles. The van der Waals surface area contributed by atoms with Gasteiger partial charge in [-0.3, -0.25) is 4.79 Å². The summed E-state index contributed by atoms with van der Waals surface area (Å²) in [6, 6.07) is 16.7. The summed E-state index contributed by atoms with van der Waals surface area (Å²) in [5.74, 6) is 0.0282. The van der Waals surface area contributed by atoms with Crippen LogP contribution in [0.4, 0.5) is 0 Å². The van der Waals surface area contributed by atoms with Crippen LogP contribution in [0, 0.1) is 0 Å². The first-order chi connectivity index (χ1) is 11.8. The van der Waals surface area contributed by atoms with Gasteiger partial charge in [-0.1, -0.05) is 54.4 Å². The van der Waals surface area contributed by atoms with Gasteiger partial charge in [0.25, 0.3) is 0 Å². The number of benzene rings is 2. The molecule has 1 amide bonds. The fraction of sp³-hybridized carbons (Fsp3) is 0.300. The van der Waals surface area contributed by atoms with Crippen molar-refractivity contribution in [3.05, 3.63) is 59.7 Å². The fourth-order valence-electron chi connectivity index (χ4n) is 3.43. The number of nitrogens with zero attached hydrogens (tertiary/aromatic N) is 2. The molecule has 24 heavy (non-hydrogen) atoms. The van der Waals surface area contributed by atoms with Crippen LogP contribution in [0.5, 0.6) is 0 Å². The van der Waals surface area contributed by atoms with Crippen LogP contribution in [0.15, 0.2) is 48.5 Å². The molecule has 122 valence electrons. The van der Waals surface area contributed by atoms with Crippen LogP contribution < -0.4 is 0 Å². The zero-order chi connectivity index (χ0) is 16.5. The van der Waals surface area contributed by atoms with Crippen molar-refractivity contribution in [1.29, 1.82) is 0 Å². The van der Waals surface area contributed by atoms with Crippen LogP contribution in [0.2, 0.25) is 0 Å². The highest BCUT2D eigenvalue weighted by Crippen LogP contribution is 2.37. The highest BCUT2D eigenvalue weighted by atomic mass is 16.7. The van der Waals surface area contributed by atoms with Gasteiger partial charge in [-0.25, -0.2) is 4.84 Å². The maximum absolute atomic E-state index is 12.3. The Hall–Kier alpha value is -2.46.